The molecule has 0 spiro atoms. The average molecular weight is 655 g/mol. The second-order valence-electron chi connectivity index (χ2n) is 15.5. The van der Waals surface area contributed by atoms with Gasteiger partial charge >= 0.3 is 23.9 Å². The van der Waals surface area contributed by atoms with Crippen LogP contribution in [0.5, 0.6) is 11.5 Å². The zero-order valence-electron chi connectivity index (χ0n) is 28.9. The van der Waals surface area contributed by atoms with Gasteiger partial charge in [0.25, 0.3) is 0 Å². The highest BCUT2D eigenvalue weighted by molar-refractivity contribution is 7.99. The molecule has 1 N–H and O–H groups in total. The van der Waals surface area contributed by atoms with E-state index in [0.717, 1.165) is 48.8 Å². The van der Waals surface area contributed by atoms with Crippen molar-refractivity contribution in [3.05, 3.63) is 34.4 Å². The van der Waals surface area contributed by atoms with Crippen LogP contribution in [0.2, 0.25) is 0 Å². The number of allylic oxidation sites excluding steroid dienone is 1. The Balaban J connectivity index is 1.68. The Morgan fingerprint density at radius 2 is 1.54 bits per heavy atom. The van der Waals surface area contributed by atoms with Gasteiger partial charge in [-0.05, 0) is 98.1 Å². The van der Waals surface area contributed by atoms with Gasteiger partial charge in [0.15, 0.2) is 11.5 Å². The molecule has 0 aromatic heterocycles. The van der Waals surface area contributed by atoms with E-state index < -0.39 is 23.3 Å². The molecule has 0 saturated heterocycles. The molecule has 0 radical (unpaired) electrons. The lowest BCUT2D eigenvalue weighted by Crippen LogP contribution is -2.62. The molecule has 0 bridgehead atoms. The number of thioether (sulfide) groups is 1. The predicted molar refractivity (Wildman–Crippen MR) is 177 cm³/mol. The fourth-order valence-corrected chi connectivity index (χ4v) is 11.0. The maximum Gasteiger partial charge on any atom is 0.309 e. The molecule has 1 unspecified atom stereocenters. The molecule has 8 nitrogen and oxygen atoms in total. The fraction of sp³-hybridized carbons (Fsp3) is 0.676. The third-order valence-corrected chi connectivity index (χ3v) is 13.9. The standard InChI is InChI=1S/C37H50O8S/c1-21-30-25(18-26(44-23(3)39)31(21)45-24(4)40)35(7)13-15-37(9)29-20-34(6,32(41)42)11-10-33(29,5)12-14-36(37,8)28(35)19-27(30)46-17-16-43-22(2)38/h18-19,27,29H,10-17,20H2,1-9H3,(H,41,42)/t27?,29-,33-,34-,35+,36-,37+/m1/s1. The van der Waals surface area contributed by atoms with Crippen LogP contribution in [0.4, 0.5) is 0 Å². The monoisotopic (exact) mass is 654 g/mol. The van der Waals surface area contributed by atoms with E-state index in [4.69, 9.17) is 14.2 Å². The molecule has 5 rings (SSSR count). The van der Waals surface area contributed by atoms with Crippen LogP contribution in [0, 0.1) is 34.5 Å². The molecule has 4 aliphatic rings. The third kappa shape index (κ3) is 5.38. The molecule has 7 atom stereocenters. The Morgan fingerprint density at radius 3 is 2.15 bits per heavy atom. The second kappa shape index (κ2) is 11.7. The number of carbonyl (C=O) groups is 4. The predicted octanol–water partition coefficient (Wildman–Crippen LogP) is 7.88. The number of carboxylic acids is 1. The van der Waals surface area contributed by atoms with Gasteiger partial charge in [0, 0.05) is 42.8 Å². The minimum absolute atomic E-state index is 0.0836. The number of benzene rings is 1. The first-order valence-electron chi connectivity index (χ1n) is 16.6. The largest absolute Gasteiger partial charge is 0.481 e. The molecule has 9 heteroatoms. The van der Waals surface area contributed by atoms with Crippen LogP contribution >= 0.6 is 11.8 Å². The van der Waals surface area contributed by atoms with Crippen LogP contribution in [0.1, 0.15) is 122 Å². The van der Waals surface area contributed by atoms with Crippen molar-refractivity contribution in [1.29, 1.82) is 0 Å². The number of fused-ring (bicyclic) bond motifs is 7. The summed E-state index contributed by atoms with van der Waals surface area (Å²) in [6.07, 6.45) is 8.54. The Labute approximate surface area is 277 Å². The summed E-state index contributed by atoms with van der Waals surface area (Å²) < 4.78 is 16.7. The summed E-state index contributed by atoms with van der Waals surface area (Å²) in [5, 5.41) is 10.2. The number of carbonyl (C=O) groups excluding carboxylic acids is 3. The van der Waals surface area contributed by atoms with Gasteiger partial charge in [0.05, 0.1) is 5.41 Å². The molecule has 0 aliphatic heterocycles. The number of hydrogen-bond donors (Lipinski definition) is 1. The van der Waals surface area contributed by atoms with E-state index in [9.17, 15) is 24.3 Å². The third-order valence-electron chi connectivity index (χ3n) is 12.7. The van der Waals surface area contributed by atoms with Crippen LogP contribution in [0.15, 0.2) is 17.7 Å². The Bertz CT molecular complexity index is 1510. The fourth-order valence-electron chi connectivity index (χ4n) is 9.86. The SMILES string of the molecule is CC(=O)OCCSC1C=C2[C@@](C)(CC[C@@]3(C)[C@@H]4C[C@](C)(C(=O)O)CC[C@]4(C)CC[C@]23C)c2cc(OC(C)=O)c(OC(C)=O)c(C)c21. The maximum atomic E-state index is 12.5. The summed E-state index contributed by atoms with van der Waals surface area (Å²) in [5.74, 6) is -0.697. The van der Waals surface area contributed by atoms with Crippen molar-refractivity contribution in [2.24, 2.45) is 27.6 Å². The van der Waals surface area contributed by atoms with Crippen molar-refractivity contribution < 1.29 is 38.5 Å². The van der Waals surface area contributed by atoms with E-state index in [-0.39, 0.29) is 56.9 Å². The van der Waals surface area contributed by atoms with E-state index in [1.54, 1.807) is 11.8 Å². The molecule has 4 aliphatic carbocycles. The average Bonchev–Trinajstić information content (AvgIpc) is 2.95. The van der Waals surface area contributed by atoms with Gasteiger partial charge in [0.1, 0.15) is 6.61 Å². The Morgan fingerprint density at radius 1 is 0.891 bits per heavy atom. The van der Waals surface area contributed by atoms with Gasteiger partial charge < -0.3 is 19.3 Å². The molecule has 252 valence electrons. The Hall–Kier alpha value is -2.81. The summed E-state index contributed by atoms with van der Waals surface area (Å²) >= 11 is 1.68. The summed E-state index contributed by atoms with van der Waals surface area (Å²) in [6, 6.07) is 1.91. The second-order valence-corrected chi connectivity index (χ2v) is 16.8. The molecule has 1 aromatic carbocycles. The summed E-state index contributed by atoms with van der Waals surface area (Å²) in [6.45, 7) is 17.7. The molecular weight excluding hydrogens is 604 g/mol. The topological polar surface area (TPSA) is 116 Å². The van der Waals surface area contributed by atoms with E-state index >= 15 is 0 Å². The van der Waals surface area contributed by atoms with E-state index in [2.05, 4.69) is 33.8 Å². The first-order valence-corrected chi connectivity index (χ1v) is 17.6. The number of hydrogen-bond acceptors (Lipinski definition) is 8. The van der Waals surface area contributed by atoms with Crippen LogP contribution < -0.4 is 9.47 Å². The van der Waals surface area contributed by atoms with Crippen molar-refractivity contribution in [2.75, 3.05) is 12.4 Å². The van der Waals surface area contributed by atoms with Crippen molar-refractivity contribution in [2.45, 2.75) is 118 Å². The summed E-state index contributed by atoms with van der Waals surface area (Å²) in [5.41, 5.74) is 2.83. The Kier molecular flexibility index (Phi) is 8.79. The zero-order chi connectivity index (χ0) is 34.0. The molecule has 3 saturated carbocycles. The molecular formula is C37H50O8S. The normalized spacial score (nSPS) is 36.2. The van der Waals surface area contributed by atoms with Crippen LogP contribution in [-0.2, 0) is 29.3 Å². The van der Waals surface area contributed by atoms with Gasteiger partial charge in [-0.3, -0.25) is 19.2 Å². The highest BCUT2D eigenvalue weighted by Gasteiger charge is 2.67. The van der Waals surface area contributed by atoms with Gasteiger partial charge in [-0.25, -0.2) is 0 Å². The minimum atomic E-state index is -0.738. The maximum absolute atomic E-state index is 12.5. The van der Waals surface area contributed by atoms with Gasteiger partial charge in [-0.2, -0.15) is 0 Å². The van der Waals surface area contributed by atoms with Crippen LogP contribution in [-0.4, -0.2) is 41.3 Å². The number of aliphatic carboxylic acids is 1. The molecule has 3 fully saturated rings. The summed E-state index contributed by atoms with van der Waals surface area (Å²) in [4.78, 5) is 48.6. The van der Waals surface area contributed by atoms with Gasteiger partial charge in [0.2, 0.25) is 0 Å². The number of rotatable bonds is 7. The lowest BCUT2D eigenvalue weighted by Gasteiger charge is -2.70. The van der Waals surface area contributed by atoms with E-state index in [1.807, 2.05) is 19.9 Å². The lowest BCUT2D eigenvalue weighted by molar-refractivity contribution is -0.177. The first kappa shape index (κ1) is 34.5. The first-order chi connectivity index (χ1) is 21.3. The van der Waals surface area contributed by atoms with Gasteiger partial charge in [-0.15, -0.1) is 11.8 Å². The van der Waals surface area contributed by atoms with Crippen molar-refractivity contribution in [3.8, 4) is 11.5 Å². The van der Waals surface area contributed by atoms with Gasteiger partial charge in [-0.1, -0.05) is 39.3 Å². The van der Waals surface area contributed by atoms with Crippen LogP contribution in [0.3, 0.4) is 0 Å². The highest BCUT2D eigenvalue weighted by atomic mass is 32.2. The van der Waals surface area contributed by atoms with Crippen LogP contribution in [0.25, 0.3) is 0 Å². The molecule has 0 amide bonds. The van der Waals surface area contributed by atoms with Crippen molar-refractivity contribution in [1.82, 2.24) is 0 Å². The van der Waals surface area contributed by atoms with Crippen molar-refractivity contribution >= 4 is 35.6 Å². The minimum Gasteiger partial charge on any atom is -0.481 e. The number of ether oxygens (including phenoxy) is 3. The van der Waals surface area contributed by atoms with E-state index in [0.29, 0.717) is 18.6 Å². The molecule has 46 heavy (non-hydrogen) atoms. The van der Waals surface area contributed by atoms with Crippen molar-refractivity contribution in [3.63, 3.8) is 0 Å². The molecule has 1 aromatic rings. The smallest absolute Gasteiger partial charge is 0.309 e. The number of esters is 3. The zero-order valence-corrected chi connectivity index (χ0v) is 29.7. The van der Waals surface area contributed by atoms with E-state index in [1.165, 1.54) is 26.3 Å². The summed E-state index contributed by atoms with van der Waals surface area (Å²) in [7, 11) is 0. The number of carboxylic acid groups (broad SMARTS) is 1. The quantitative estimate of drug-likeness (QED) is 0.136. The lowest BCUT2D eigenvalue weighted by atomic mass is 9.34. The molecule has 0 heterocycles. The highest BCUT2D eigenvalue weighted by Crippen LogP contribution is 2.75.